The smallest absolute Gasteiger partial charge is 0.136 e. The van der Waals surface area contributed by atoms with E-state index in [-0.39, 0.29) is 5.92 Å². The molecular formula is C9H19NO. The van der Waals surface area contributed by atoms with Gasteiger partial charge in [0.2, 0.25) is 0 Å². The van der Waals surface area contributed by atoms with E-state index < -0.39 is 0 Å². The topological polar surface area (TPSA) is 43.1 Å². The lowest BCUT2D eigenvalue weighted by Gasteiger charge is -2.17. The number of rotatable bonds is 5. The number of hydrogen-bond acceptors (Lipinski definition) is 2. The largest absolute Gasteiger partial charge is 0.330 e. The van der Waals surface area contributed by atoms with Crippen molar-refractivity contribution in [1.82, 2.24) is 0 Å². The van der Waals surface area contributed by atoms with Crippen LogP contribution in [-0.4, -0.2) is 12.3 Å². The molecule has 0 amide bonds. The van der Waals surface area contributed by atoms with Crippen molar-refractivity contribution in [2.45, 2.75) is 33.6 Å². The molecule has 0 aliphatic heterocycles. The normalized spacial score (nSPS) is 13.5. The molecule has 2 nitrogen and oxygen atoms in total. The molecule has 0 aliphatic rings. The molecule has 2 heteroatoms. The van der Waals surface area contributed by atoms with E-state index in [0.717, 1.165) is 6.42 Å². The highest BCUT2D eigenvalue weighted by molar-refractivity contribution is 5.80. The van der Waals surface area contributed by atoms with Gasteiger partial charge in [0.05, 0.1) is 0 Å². The summed E-state index contributed by atoms with van der Waals surface area (Å²) in [4.78, 5) is 11.3. The minimum absolute atomic E-state index is 0.185. The molecule has 0 saturated carbocycles. The van der Waals surface area contributed by atoms with Crippen LogP contribution in [0.15, 0.2) is 0 Å². The van der Waals surface area contributed by atoms with E-state index in [1.54, 1.807) is 0 Å². The number of carbonyl (C=O) groups excluding carboxylic acids is 1. The van der Waals surface area contributed by atoms with Gasteiger partial charge in [0, 0.05) is 12.3 Å². The Balaban J connectivity index is 3.98. The average Bonchev–Trinajstić information content (AvgIpc) is 1.98. The fourth-order valence-electron chi connectivity index (χ4n) is 1.31. The number of Topliss-reactive ketones (excluding diaryl/α,β-unsaturated/α-hetero) is 1. The van der Waals surface area contributed by atoms with Crippen LogP contribution in [0.3, 0.4) is 0 Å². The first-order valence-corrected chi connectivity index (χ1v) is 4.36. The third-order valence-corrected chi connectivity index (χ3v) is 2.04. The minimum atomic E-state index is 0.185. The van der Waals surface area contributed by atoms with Crippen molar-refractivity contribution in [2.75, 3.05) is 6.54 Å². The fourth-order valence-corrected chi connectivity index (χ4v) is 1.31. The molecule has 66 valence electrons. The van der Waals surface area contributed by atoms with E-state index in [0.29, 0.717) is 24.7 Å². The minimum Gasteiger partial charge on any atom is -0.330 e. The molecular weight excluding hydrogens is 138 g/mol. The van der Waals surface area contributed by atoms with Crippen LogP contribution in [0.25, 0.3) is 0 Å². The molecule has 0 aliphatic carbocycles. The Hall–Kier alpha value is -0.370. The fraction of sp³-hybridized carbons (Fsp3) is 0.889. The van der Waals surface area contributed by atoms with Crippen molar-refractivity contribution < 1.29 is 4.79 Å². The number of nitrogens with two attached hydrogens (primary N) is 1. The van der Waals surface area contributed by atoms with Crippen LogP contribution in [0.5, 0.6) is 0 Å². The van der Waals surface area contributed by atoms with Crippen molar-refractivity contribution in [1.29, 1.82) is 0 Å². The zero-order valence-electron chi connectivity index (χ0n) is 7.76. The molecule has 0 spiro atoms. The quantitative estimate of drug-likeness (QED) is 0.658. The zero-order chi connectivity index (χ0) is 8.85. The second kappa shape index (κ2) is 5.30. The van der Waals surface area contributed by atoms with Crippen LogP contribution >= 0.6 is 0 Å². The third-order valence-electron chi connectivity index (χ3n) is 2.04. The summed E-state index contributed by atoms with van der Waals surface area (Å²) in [6.45, 7) is 6.69. The maximum absolute atomic E-state index is 11.3. The lowest BCUT2D eigenvalue weighted by molar-refractivity contribution is -0.124. The highest BCUT2D eigenvalue weighted by atomic mass is 16.1. The van der Waals surface area contributed by atoms with Crippen LogP contribution in [0.4, 0.5) is 0 Å². The Labute approximate surface area is 69.2 Å². The molecule has 0 aromatic heterocycles. The molecule has 0 rings (SSSR count). The van der Waals surface area contributed by atoms with Crippen molar-refractivity contribution in [3.8, 4) is 0 Å². The predicted octanol–water partition coefficient (Wildman–Crippen LogP) is 1.59. The maximum Gasteiger partial charge on any atom is 0.136 e. The summed E-state index contributed by atoms with van der Waals surface area (Å²) in [5.41, 5.74) is 5.41. The van der Waals surface area contributed by atoms with Gasteiger partial charge in [0.25, 0.3) is 0 Å². The standard InChI is InChI=1S/C9H19NO/c1-4-9(11)8(5-6-10)7(2)3/h7-8H,4-6,10H2,1-3H3. The Morgan fingerprint density at radius 3 is 2.27 bits per heavy atom. The molecule has 0 radical (unpaired) electrons. The zero-order valence-corrected chi connectivity index (χ0v) is 7.76. The first-order valence-electron chi connectivity index (χ1n) is 4.36. The third kappa shape index (κ3) is 3.51. The van der Waals surface area contributed by atoms with Crippen molar-refractivity contribution in [2.24, 2.45) is 17.6 Å². The van der Waals surface area contributed by atoms with Crippen molar-refractivity contribution >= 4 is 5.78 Å². The highest BCUT2D eigenvalue weighted by Crippen LogP contribution is 2.16. The Morgan fingerprint density at radius 1 is 1.45 bits per heavy atom. The second-order valence-electron chi connectivity index (χ2n) is 3.25. The summed E-state index contributed by atoms with van der Waals surface area (Å²) in [6.07, 6.45) is 1.48. The molecule has 0 fully saturated rings. The summed E-state index contributed by atoms with van der Waals surface area (Å²) in [6, 6.07) is 0. The van der Waals surface area contributed by atoms with Crippen LogP contribution < -0.4 is 5.73 Å². The predicted molar refractivity (Wildman–Crippen MR) is 47.3 cm³/mol. The summed E-state index contributed by atoms with van der Waals surface area (Å²) < 4.78 is 0. The van der Waals surface area contributed by atoms with Gasteiger partial charge >= 0.3 is 0 Å². The molecule has 0 bridgehead atoms. The summed E-state index contributed by atoms with van der Waals surface area (Å²) >= 11 is 0. The van der Waals surface area contributed by atoms with Crippen LogP contribution in [0, 0.1) is 11.8 Å². The van der Waals surface area contributed by atoms with Gasteiger partial charge in [0.15, 0.2) is 0 Å². The monoisotopic (exact) mass is 157 g/mol. The molecule has 0 aromatic rings. The summed E-state index contributed by atoms with van der Waals surface area (Å²) in [5, 5.41) is 0. The van der Waals surface area contributed by atoms with Gasteiger partial charge in [-0.05, 0) is 18.9 Å². The van der Waals surface area contributed by atoms with Gasteiger partial charge < -0.3 is 5.73 Å². The average molecular weight is 157 g/mol. The first kappa shape index (κ1) is 10.6. The number of carbonyl (C=O) groups is 1. The second-order valence-corrected chi connectivity index (χ2v) is 3.25. The highest BCUT2D eigenvalue weighted by Gasteiger charge is 2.18. The van der Waals surface area contributed by atoms with Gasteiger partial charge in [-0.25, -0.2) is 0 Å². The molecule has 0 heterocycles. The van der Waals surface area contributed by atoms with Gasteiger partial charge in [-0.2, -0.15) is 0 Å². The van der Waals surface area contributed by atoms with Gasteiger partial charge in [0.1, 0.15) is 5.78 Å². The van der Waals surface area contributed by atoms with Gasteiger partial charge in [-0.1, -0.05) is 20.8 Å². The van der Waals surface area contributed by atoms with E-state index >= 15 is 0 Å². The van der Waals surface area contributed by atoms with E-state index in [9.17, 15) is 4.79 Å². The van der Waals surface area contributed by atoms with Crippen LogP contribution in [0.1, 0.15) is 33.6 Å². The van der Waals surface area contributed by atoms with Crippen LogP contribution in [-0.2, 0) is 4.79 Å². The molecule has 2 N–H and O–H groups in total. The molecule has 11 heavy (non-hydrogen) atoms. The van der Waals surface area contributed by atoms with Gasteiger partial charge in [-0.15, -0.1) is 0 Å². The maximum atomic E-state index is 11.3. The summed E-state index contributed by atoms with van der Waals surface area (Å²) in [7, 11) is 0. The Kier molecular flexibility index (Phi) is 5.12. The van der Waals surface area contributed by atoms with E-state index in [1.807, 2.05) is 6.92 Å². The lowest BCUT2D eigenvalue weighted by atomic mass is 9.87. The molecule has 1 atom stereocenters. The van der Waals surface area contributed by atoms with E-state index in [2.05, 4.69) is 13.8 Å². The summed E-state index contributed by atoms with van der Waals surface area (Å²) in [5.74, 6) is 0.974. The Morgan fingerprint density at radius 2 is 2.00 bits per heavy atom. The van der Waals surface area contributed by atoms with Crippen LogP contribution in [0.2, 0.25) is 0 Å². The lowest BCUT2D eigenvalue weighted by Crippen LogP contribution is -2.22. The Bertz CT molecular complexity index is 121. The number of ketones is 1. The number of hydrogen-bond donors (Lipinski definition) is 1. The first-order chi connectivity index (χ1) is 5.13. The molecule has 0 aromatic carbocycles. The van der Waals surface area contributed by atoms with Gasteiger partial charge in [-0.3, -0.25) is 4.79 Å². The van der Waals surface area contributed by atoms with E-state index in [4.69, 9.17) is 5.73 Å². The van der Waals surface area contributed by atoms with Crippen molar-refractivity contribution in [3.63, 3.8) is 0 Å². The van der Waals surface area contributed by atoms with E-state index in [1.165, 1.54) is 0 Å². The van der Waals surface area contributed by atoms with Crippen molar-refractivity contribution in [3.05, 3.63) is 0 Å². The molecule has 0 saturated heterocycles. The SMILES string of the molecule is CCC(=O)C(CCN)C(C)C. The molecule has 1 unspecified atom stereocenters.